The minimum atomic E-state index is -0.619. The molecular weight excluding hydrogens is 561 g/mol. The normalized spacial score (nSPS) is 32.4. The van der Waals surface area contributed by atoms with Gasteiger partial charge in [-0.15, -0.1) is 0 Å². The fourth-order valence-electron chi connectivity index (χ4n) is 10.1. The Hall–Kier alpha value is -1.98. The van der Waals surface area contributed by atoms with Crippen LogP contribution in [0.1, 0.15) is 111 Å². The van der Waals surface area contributed by atoms with Crippen LogP contribution in [0.2, 0.25) is 0 Å². The Balaban J connectivity index is 0.000000197. The molecule has 4 saturated carbocycles. The topological polar surface area (TPSA) is 66.6 Å². The van der Waals surface area contributed by atoms with Gasteiger partial charge in [-0.3, -0.25) is 9.93 Å². The van der Waals surface area contributed by atoms with E-state index in [1.54, 1.807) is 0 Å². The SMILES string of the molecule is C/C=C\C.CC12CCC3C(CC[C@@H]4CCCCC34C)C1CCC2CCCC(=O)O.CN(C)c1cccc2c(SN)cccc12. The molecule has 244 valence electrons. The highest BCUT2D eigenvalue weighted by Gasteiger charge is 2.59. The summed E-state index contributed by atoms with van der Waals surface area (Å²) in [5, 5.41) is 17.1. The summed E-state index contributed by atoms with van der Waals surface area (Å²) in [7, 11) is 4.11. The number of aliphatic carboxylic acids is 1. The van der Waals surface area contributed by atoms with Gasteiger partial charge in [0.2, 0.25) is 0 Å². The summed E-state index contributed by atoms with van der Waals surface area (Å²) in [6.07, 6.45) is 21.0. The summed E-state index contributed by atoms with van der Waals surface area (Å²) in [6, 6.07) is 12.5. The second-order valence-corrected chi connectivity index (χ2v) is 15.5. The van der Waals surface area contributed by atoms with Gasteiger partial charge >= 0.3 is 5.97 Å². The molecule has 0 bridgehead atoms. The van der Waals surface area contributed by atoms with Crippen LogP contribution in [0, 0.1) is 40.4 Å². The number of anilines is 1. The van der Waals surface area contributed by atoms with Crippen molar-refractivity contribution in [1.82, 2.24) is 0 Å². The van der Waals surface area contributed by atoms with Crippen LogP contribution >= 0.6 is 11.9 Å². The van der Waals surface area contributed by atoms with Gasteiger partial charge in [0.05, 0.1) is 0 Å². The molecular formula is C39H60N2O2S. The zero-order chi connectivity index (χ0) is 31.9. The van der Waals surface area contributed by atoms with Gasteiger partial charge in [-0.25, -0.2) is 0 Å². The lowest BCUT2D eigenvalue weighted by Gasteiger charge is -2.60. The van der Waals surface area contributed by atoms with E-state index in [0.29, 0.717) is 17.3 Å². The number of hydrogen-bond acceptors (Lipinski definition) is 4. The van der Waals surface area contributed by atoms with Crippen LogP contribution in [0.4, 0.5) is 5.69 Å². The van der Waals surface area contributed by atoms with Gasteiger partial charge in [0.1, 0.15) is 0 Å². The zero-order valence-corrected chi connectivity index (χ0v) is 29.3. The predicted octanol–water partition coefficient (Wildman–Crippen LogP) is 10.7. The number of hydrogen-bond donors (Lipinski definition) is 2. The fourth-order valence-corrected chi connectivity index (χ4v) is 10.6. The van der Waals surface area contributed by atoms with E-state index >= 15 is 0 Å². The molecule has 6 rings (SSSR count). The van der Waals surface area contributed by atoms with Crippen molar-refractivity contribution >= 4 is 34.4 Å². The molecule has 3 N–H and O–H groups in total. The molecule has 4 aliphatic rings. The predicted molar refractivity (Wildman–Crippen MR) is 190 cm³/mol. The van der Waals surface area contributed by atoms with Gasteiger partial charge in [0, 0.05) is 36.5 Å². The van der Waals surface area contributed by atoms with E-state index < -0.39 is 5.97 Å². The Bertz CT molecular complexity index is 1260. The van der Waals surface area contributed by atoms with Gasteiger partial charge in [-0.1, -0.05) is 63.1 Å². The molecule has 6 unspecified atom stereocenters. The number of nitrogens with zero attached hydrogens (tertiary/aromatic N) is 1. The fraction of sp³-hybridized carbons (Fsp3) is 0.667. The van der Waals surface area contributed by atoms with Crippen molar-refractivity contribution in [3.05, 3.63) is 48.6 Å². The lowest BCUT2D eigenvalue weighted by molar-refractivity contribution is -0.137. The molecule has 4 fully saturated rings. The quantitative estimate of drug-likeness (QED) is 0.248. The Morgan fingerprint density at radius 3 is 2.30 bits per heavy atom. The molecule has 0 aromatic heterocycles. The molecule has 2 aromatic carbocycles. The number of benzene rings is 2. The van der Waals surface area contributed by atoms with E-state index in [-0.39, 0.29) is 0 Å². The molecule has 2 aromatic rings. The molecule has 0 radical (unpaired) electrons. The van der Waals surface area contributed by atoms with Crippen LogP contribution in [0.25, 0.3) is 10.8 Å². The molecule has 44 heavy (non-hydrogen) atoms. The standard InChI is InChI=1S/C23H38O2.C12H14N2S.C4H8/c1-22-14-4-3-6-16(22)9-11-18-19-12-10-17(7-5-8-21(24)25)23(19,2)15-13-20(18)22;1-14(2)11-7-3-6-10-9(11)5-4-8-12(10)15-13;1-3-4-2/h16-20H,3-15H2,1-2H3,(H,24,25);3-8H,13H2,1-2H3;3-4H,1-2H3/b;;4-3-/t16-,17?,18?,19?,20?,22?,23?;;/m0../s1. The van der Waals surface area contributed by atoms with Gasteiger partial charge in [0.15, 0.2) is 0 Å². The van der Waals surface area contributed by atoms with Gasteiger partial charge < -0.3 is 10.0 Å². The summed E-state index contributed by atoms with van der Waals surface area (Å²) < 4.78 is 0. The van der Waals surface area contributed by atoms with Crippen molar-refractivity contribution in [2.24, 2.45) is 45.6 Å². The van der Waals surface area contributed by atoms with Crippen LogP contribution < -0.4 is 10.0 Å². The highest BCUT2D eigenvalue weighted by molar-refractivity contribution is 7.97. The third-order valence-corrected chi connectivity index (χ3v) is 13.1. The number of carbonyl (C=O) groups is 1. The molecule has 7 atom stereocenters. The first-order valence-electron chi connectivity index (χ1n) is 17.5. The van der Waals surface area contributed by atoms with Crippen molar-refractivity contribution in [3.63, 3.8) is 0 Å². The van der Waals surface area contributed by atoms with Crippen molar-refractivity contribution in [2.45, 2.75) is 116 Å². The van der Waals surface area contributed by atoms with Crippen LogP contribution in [0.3, 0.4) is 0 Å². The summed E-state index contributed by atoms with van der Waals surface area (Å²) in [6.45, 7) is 9.25. The molecule has 0 aliphatic heterocycles. The van der Waals surface area contributed by atoms with E-state index in [9.17, 15) is 4.79 Å². The van der Waals surface area contributed by atoms with Gasteiger partial charge in [-0.05, 0) is 148 Å². The second kappa shape index (κ2) is 15.5. The van der Waals surface area contributed by atoms with Crippen LogP contribution in [-0.4, -0.2) is 25.2 Å². The van der Waals surface area contributed by atoms with E-state index in [0.717, 1.165) is 47.3 Å². The van der Waals surface area contributed by atoms with Crippen molar-refractivity contribution in [2.75, 3.05) is 19.0 Å². The lowest BCUT2D eigenvalue weighted by atomic mass is 9.45. The van der Waals surface area contributed by atoms with Crippen molar-refractivity contribution in [3.8, 4) is 0 Å². The number of rotatable bonds is 6. The Labute approximate surface area is 272 Å². The molecule has 0 saturated heterocycles. The van der Waals surface area contributed by atoms with Crippen LogP contribution in [0.15, 0.2) is 53.4 Å². The molecule has 4 aliphatic carbocycles. The number of allylic oxidation sites excluding steroid dienone is 2. The van der Waals surface area contributed by atoms with E-state index in [1.165, 1.54) is 92.6 Å². The Kier molecular flexibility index (Phi) is 12.3. The lowest BCUT2D eigenvalue weighted by Crippen LogP contribution is -2.52. The monoisotopic (exact) mass is 620 g/mol. The number of fused-ring (bicyclic) bond motifs is 6. The maximum atomic E-state index is 10.9. The number of carboxylic acids is 1. The third kappa shape index (κ3) is 7.35. The van der Waals surface area contributed by atoms with E-state index in [2.05, 4.69) is 57.1 Å². The van der Waals surface area contributed by atoms with Gasteiger partial charge in [0.25, 0.3) is 0 Å². The Morgan fingerprint density at radius 2 is 1.61 bits per heavy atom. The number of carboxylic acid groups (broad SMARTS) is 1. The van der Waals surface area contributed by atoms with E-state index in [1.807, 2.05) is 38.1 Å². The van der Waals surface area contributed by atoms with Gasteiger partial charge in [-0.2, -0.15) is 0 Å². The molecule has 5 heteroatoms. The molecule has 0 heterocycles. The second-order valence-electron chi connectivity index (χ2n) is 14.8. The summed E-state index contributed by atoms with van der Waals surface area (Å²) in [5.41, 5.74) is 2.38. The first-order chi connectivity index (χ1) is 21.1. The smallest absolute Gasteiger partial charge is 0.303 e. The highest BCUT2D eigenvalue weighted by Crippen LogP contribution is 2.67. The average molecular weight is 621 g/mol. The minimum absolute atomic E-state index is 0.364. The van der Waals surface area contributed by atoms with Crippen molar-refractivity contribution < 1.29 is 9.90 Å². The average Bonchev–Trinajstić information content (AvgIpc) is 3.36. The summed E-state index contributed by atoms with van der Waals surface area (Å²) in [4.78, 5) is 14.1. The third-order valence-electron chi connectivity index (χ3n) is 12.5. The largest absolute Gasteiger partial charge is 0.481 e. The Morgan fingerprint density at radius 1 is 0.909 bits per heavy atom. The molecule has 4 nitrogen and oxygen atoms in total. The highest BCUT2D eigenvalue weighted by atomic mass is 32.2. The van der Waals surface area contributed by atoms with E-state index in [4.69, 9.17) is 10.2 Å². The maximum Gasteiger partial charge on any atom is 0.303 e. The minimum Gasteiger partial charge on any atom is -0.481 e. The first-order valence-corrected chi connectivity index (χ1v) is 18.3. The summed E-state index contributed by atoms with van der Waals surface area (Å²) >= 11 is 1.30. The molecule has 0 spiro atoms. The maximum absolute atomic E-state index is 10.9. The van der Waals surface area contributed by atoms with Crippen LogP contribution in [-0.2, 0) is 4.79 Å². The molecule has 0 amide bonds. The zero-order valence-electron chi connectivity index (χ0n) is 28.5. The van der Waals surface area contributed by atoms with Crippen LogP contribution in [0.5, 0.6) is 0 Å². The summed E-state index contributed by atoms with van der Waals surface area (Å²) in [5.74, 6) is 4.08. The van der Waals surface area contributed by atoms with Crippen molar-refractivity contribution in [1.29, 1.82) is 0 Å². The first kappa shape index (κ1) is 34.9. The number of nitrogens with two attached hydrogens (primary N) is 1.